The molecule has 104 valence electrons. The van der Waals surface area contributed by atoms with Gasteiger partial charge in [0.15, 0.2) is 0 Å². The highest BCUT2D eigenvalue weighted by atomic mass is 19.1. The van der Waals surface area contributed by atoms with Crippen LogP contribution in [-0.2, 0) is 0 Å². The fraction of sp³-hybridized carbons (Fsp3) is 0.533. The van der Waals surface area contributed by atoms with Gasteiger partial charge < -0.3 is 10.6 Å². The molecule has 3 nitrogen and oxygen atoms in total. The summed E-state index contributed by atoms with van der Waals surface area (Å²) >= 11 is 0. The number of carbonyl (C=O) groups excluding carboxylic acids is 1. The van der Waals surface area contributed by atoms with Crippen molar-refractivity contribution in [1.29, 1.82) is 0 Å². The van der Waals surface area contributed by atoms with Gasteiger partial charge in [-0.2, -0.15) is 0 Å². The predicted molar refractivity (Wildman–Crippen MR) is 74.8 cm³/mol. The van der Waals surface area contributed by atoms with Crippen LogP contribution in [0.5, 0.6) is 0 Å². The first-order valence-corrected chi connectivity index (χ1v) is 6.74. The van der Waals surface area contributed by atoms with Gasteiger partial charge in [0.25, 0.3) is 5.91 Å². The minimum atomic E-state index is -0.403. The van der Waals surface area contributed by atoms with Crippen molar-refractivity contribution < 1.29 is 9.18 Å². The number of halogens is 1. The molecule has 0 bridgehead atoms. The second kappa shape index (κ2) is 5.19. The average Bonchev–Trinajstić information content (AvgIpc) is 3.17. The molecule has 0 radical (unpaired) electrons. The zero-order chi connectivity index (χ0) is 14.0. The molecule has 19 heavy (non-hydrogen) atoms. The van der Waals surface area contributed by atoms with Crippen LogP contribution in [0, 0.1) is 17.2 Å². The Labute approximate surface area is 113 Å². The summed E-state index contributed by atoms with van der Waals surface area (Å²) in [5.74, 6) is -0.0556. The Morgan fingerprint density at radius 3 is 2.63 bits per heavy atom. The molecule has 0 aromatic heterocycles. The van der Waals surface area contributed by atoms with Crippen molar-refractivity contribution in [3.05, 3.63) is 29.6 Å². The summed E-state index contributed by atoms with van der Waals surface area (Å²) in [6.45, 7) is 5.03. The summed E-state index contributed by atoms with van der Waals surface area (Å²) in [7, 11) is 1.62. The second-order valence-electron chi connectivity index (χ2n) is 5.61. The van der Waals surface area contributed by atoms with Crippen molar-refractivity contribution in [2.24, 2.45) is 11.3 Å². The Morgan fingerprint density at radius 1 is 1.42 bits per heavy atom. The summed E-state index contributed by atoms with van der Waals surface area (Å²) in [5.41, 5.74) is 0.874. The molecule has 1 aliphatic carbocycles. The normalized spacial score (nSPS) is 16.3. The van der Waals surface area contributed by atoms with Crippen LogP contribution >= 0.6 is 0 Å². The van der Waals surface area contributed by atoms with Crippen LogP contribution in [0.2, 0.25) is 0 Å². The fourth-order valence-corrected chi connectivity index (χ4v) is 2.44. The topological polar surface area (TPSA) is 41.1 Å². The second-order valence-corrected chi connectivity index (χ2v) is 5.61. The van der Waals surface area contributed by atoms with E-state index in [0.29, 0.717) is 18.0 Å². The Bertz CT molecular complexity index is 481. The molecule has 4 heteroatoms. The molecule has 0 aliphatic heterocycles. The number of rotatable bonds is 5. The van der Waals surface area contributed by atoms with Gasteiger partial charge in [-0.3, -0.25) is 4.79 Å². The number of carbonyl (C=O) groups is 1. The number of hydrogen-bond acceptors (Lipinski definition) is 2. The molecule has 0 heterocycles. The molecule has 2 N–H and O–H groups in total. The molecule has 1 fully saturated rings. The van der Waals surface area contributed by atoms with E-state index >= 15 is 0 Å². The average molecular weight is 264 g/mol. The molecule has 1 aromatic carbocycles. The van der Waals surface area contributed by atoms with Crippen molar-refractivity contribution in [3.63, 3.8) is 0 Å². The van der Waals surface area contributed by atoms with Crippen LogP contribution in [0.15, 0.2) is 18.2 Å². The molecule has 1 aromatic rings. The van der Waals surface area contributed by atoms with Crippen molar-refractivity contribution in [2.45, 2.75) is 26.7 Å². The van der Waals surface area contributed by atoms with Crippen LogP contribution in [0.25, 0.3) is 0 Å². The third-order valence-electron chi connectivity index (χ3n) is 4.23. The molecule has 1 amide bonds. The lowest BCUT2D eigenvalue weighted by Crippen LogP contribution is -2.33. The fourth-order valence-electron chi connectivity index (χ4n) is 2.44. The van der Waals surface area contributed by atoms with Gasteiger partial charge in [-0.15, -0.1) is 0 Å². The van der Waals surface area contributed by atoms with Crippen molar-refractivity contribution >= 4 is 11.6 Å². The van der Waals surface area contributed by atoms with E-state index in [4.69, 9.17) is 0 Å². The van der Waals surface area contributed by atoms with Crippen LogP contribution < -0.4 is 10.6 Å². The van der Waals surface area contributed by atoms with Crippen LogP contribution in [0.1, 0.15) is 37.0 Å². The highest BCUT2D eigenvalue weighted by Crippen LogP contribution is 2.51. The molecule has 0 spiro atoms. The molecule has 1 aliphatic rings. The SMILES string of the molecule is CNc1c(F)cccc1C(=O)NCC1(C(C)C)CC1. The van der Waals surface area contributed by atoms with Gasteiger partial charge in [-0.25, -0.2) is 4.39 Å². The van der Waals surface area contributed by atoms with Crippen molar-refractivity contribution in [2.75, 3.05) is 18.9 Å². The maximum Gasteiger partial charge on any atom is 0.253 e. The van der Waals surface area contributed by atoms with E-state index in [9.17, 15) is 9.18 Å². The van der Waals surface area contributed by atoms with E-state index in [1.165, 1.54) is 6.07 Å². The first-order valence-electron chi connectivity index (χ1n) is 6.74. The Balaban J connectivity index is 2.07. The van der Waals surface area contributed by atoms with Gasteiger partial charge in [0.05, 0.1) is 11.3 Å². The maximum atomic E-state index is 13.6. The van der Waals surface area contributed by atoms with Gasteiger partial charge in [0, 0.05) is 13.6 Å². The molecule has 0 saturated heterocycles. The lowest BCUT2D eigenvalue weighted by molar-refractivity contribution is 0.0940. The van der Waals surface area contributed by atoms with Gasteiger partial charge >= 0.3 is 0 Å². The Kier molecular flexibility index (Phi) is 3.78. The molecule has 0 unspecified atom stereocenters. The summed E-state index contributed by atoms with van der Waals surface area (Å²) in [6.07, 6.45) is 2.32. The van der Waals surface area contributed by atoms with Gasteiger partial charge in [0.1, 0.15) is 5.82 Å². The van der Waals surface area contributed by atoms with E-state index in [1.54, 1.807) is 19.2 Å². The van der Waals surface area contributed by atoms with Crippen molar-refractivity contribution in [1.82, 2.24) is 5.32 Å². The molecular weight excluding hydrogens is 243 g/mol. The molecule has 2 rings (SSSR count). The van der Waals surface area contributed by atoms with Crippen LogP contribution in [0.4, 0.5) is 10.1 Å². The monoisotopic (exact) mass is 264 g/mol. The Hall–Kier alpha value is -1.58. The van der Waals surface area contributed by atoms with Crippen LogP contribution in [0.3, 0.4) is 0 Å². The van der Waals surface area contributed by atoms with Crippen LogP contribution in [-0.4, -0.2) is 19.5 Å². The maximum absolute atomic E-state index is 13.6. The minimum absolute atomic E-state index is 0.212. The quantitative estimate of drug-likeness (QED) is 0.858. The van der Waals surface area contributed by atoms with E-state index in [2.05, 4.69) is 24.5 Å². The van der Waals surface area contributed by atoms with E-state index in [-0.39, 0.29) is 17.0 Å². The molecule has 0 atom stereocenters. The lowest BCUT2D eigenvalue weighted by atomic mass is 9.92. The number of anilines is 1. The highest BCUT2D eigenvalue weighted by Gasteiger charge is 2.45. The number of nitrogens with one attached hydrogen (secondary N) is 2. The predicted octanol–water partition coefficient (Wildman–Crippen LogP) is 3.03. The van der Waals surface area contributed by atoms with E-state index < -0.39 is 5.82 Å². The van der Waals surface area contributed by atoms with Gasteiger partial charge in [-0.05, 0) is 36.3 Å². The number of benzene rings is 1. The van der Waals surface area contributed by atoms with E-state index in [0.717, 1.165) is 12.8 Å². The molecular formula is C15H21FN2O. The zero-order valence-corrected chi connectivity index (χ0v) is 11.7. The van der Waals surface area contributed by atoms with Crippen molar-refractivity contribution in [3.8, 4) is 0 Å². The minimum Gasteiger partial charge on any atom is -0.385 e. The number of para-hydroxylation sites is 1. The summed E-state index contributed by atoms with van der Waals surface area (Å²) < 4.78 is 13.6. The number of amides is 1. The number of hydrogen-bond donors (Lipinski definition) is 2. The Morgan fingerprint density at radius 2 is 2.11 bits per heavy atom. The largest absolute Gasteiger partial charge is 0.385 e. The van der Waals surface area contributed by atoms with Gasteiger partial charge in [-0.1, -0.05) is 19.9 Å². The lowest BCUT2D eigenvalue weighted by Gasteiger charge is -2.20. The zero-order valence-electron chi connectivity index (χ0n) is 11.7. The smallest absolute Gasteiger partial charge is 0.253 e. The summed E-state index contributed by atoms with van der Waals surface area (Å²) in [4.78, 5) is 12.2. The third-order valence-corrected chi connectivity index (χ3v) is 4.23. The molecule has 1 saturated carbocycles. The third kappa shape index (κ3) is 2.72. The summed E-state index contributed by atoms with van der Waals surface area (Å²) in [6, 6.07) is 4.54. The first kappa shape index (κ1) is 13.8. The highest BCUT2D eigenvalue weighted by molar-refractivity contribution is 5.99. The summed E-state index contributed by atoms with van der Waals surface area (Å²) in [5, 5.41) is 5.68. The first-order chi connectivity index (χ1) is 9.00. The van der Waals surface area contributed by atoms with Gasteiger partial charge in [0.2, 0.25) is 0 Å². The van der Waals surface area contributed by atoms with E-state index in [1.807, 2.05) is 0 Å². The standard InChI is InChI=1S/C15H21FN2O/c1-10(2)15(7-8-15)9-18-14(19)11-5-4-6-12(16)13(11)17-3/h4-6,10,17H,7-9H2,1-3H3,(H,18,19).